The third-order valence-corrected chi connectivity index (χ3v) is 8.42. The molecule has 3 heterocycles. The van der Waals surface area contributed by atoms with E-state index in [1.54, 1.807) is 6.20 Å². The minimum Gasteiger partial charge on any atom is -0.456 e. The van der Waals surface area contributed by atoms with Crippen molar-refractivity contribution in [3.05, 3.63) is 146 Å². The van der Waals surface area contributed by atoms with Gasteiger partial charge in [-0.15, -0.1) is 0 Å². The van der Waals surface area contributed by atoms with Crippen LogP contribution in [0.15, 0.2) is 150 Å². The summed E-state index contributed by atoms with van der Waals surface area (Å²) in [5.74, 6) is 1.80. The van der Waals surface area contributed by atoms with Crippen molar-refractivity contribution in [3.63, 3.8) is 0 Å². The van der Waals surface area contributed by atoms with Crippen LogP contribution in [-0.4, -0.2) is 19.9 Å². The summed E-state index contributed by atoms with van der Waals surface area (Å²) in [6.07, 6.45) is 3.58. The lowest BCUT2D eigenvalue weighted by Crippen LogP contribution is -2.00. The van der Waals surface area contributed by atoms with E-state index in [0.717, 1.165) is 49.6 Å². The summed E-state index contributed by atoms with van der Waals surface area (Å²) in [6.45, 7) is 0. The number of aromatic nitrogens is 4. The Bertz CT molecular complexity index is 2550. The standard InChI is InChI=1S/C40H24N4O/c1-2-9-29-23-30(20-15-25(29)7-1)39-42-38(28-18-16-27(17-19-28)32-12-5-10-26-8-3-4-11-31(26)32)43-40(44-39)33-13-6-14-36-37(33)34-24-41-22-21-35(34)45-36/h1-24H. The molecule has 0 spiro atoms. The second kappa shape index (κ2) is 10.2. The van der Waals surface area contributed by atoms with E-state index in [9.17, 15) is 0 Å². The fourth-order valence-corrected chi connectivity index (χ4v) is 6.22. The quantitative estimate of drug-likeness (QED) is 0.209. The van der Waals surface area contributed by atoms with Crippen LogP contribution in [0.2, 0.25) is 0 Å². The minimum atomic E-state index is 0.582. The molecule has 0 saturated carbocycles. The van der Waals surface area contributed by atoms with Crippen molar-refractivity contribution < 1.29 is 4.42 Å². The van der Waals surface area contributed by atoms with E-state index in [2.05, 4.69) is 102 Å². The number of hydrogen-bond donors (Lipinski definition) is 0. The highest BCUT2D eigenvalue weighted by Crippen LogP contribution is 2.37. The molecular formula is C40H24N4O. The number of nitrogens with zero attached hydrogens (tertiary/aromatic N) is 4. The zero-order valence-electron chi connectivity index (χ0n) is 24.1. The number of furan rings is 1. The van der Waals surface area contributed by atoms with Crippen LogP contribution in [0, 0.1) is 0 Å². The lowest BCUT2D eigenvalue weighted by molar-refractivity contribution is 0.668. The molecule has 0 saturated heterocycles. The third-order valence-electron chi connectivity index (χ3n) is 8.42. The second-order valence-electron chi connectivity index (χ2n) is 11.1. The van der Waals surface area contributed by atoms with Crippen molar-refractivity contribution >= 4 is 43.5 Å². The Hall–Kier alpha value is -6.20. The SMILES string of the molecule is c1ccc2cc(-c3nc(-c4ccc(-c5cccc6ccccc56)cc4)nc(-c4cccc5oc6ccncc6c45)n3)ccc2c1. The maximum absolute atomic E-state index is 6.17. The van der Waals surface area contributed by atoms with Gasteiger partial charge in [0.2, 0.25) is 0 Å². The van der Waals surface area contributed by atoms with Gasteiger partial charge < -0.3 is 4.42 Å². The van der Waals surface area contributed by atoms with Crippen molar-refractivity contribution in [2.24, 2.45) is 0 Å². The molecule has 5 heteroatoms. The van der Waals surface area contributed by atoms with Crippen molar-refractivity contribution in [1.82, 2.24) is 19.9 Å². The van der Waals surface area contributed by atoms with Crippen LogP contribution in [0.4, 0.5) is 0 Å². The molecule has 45 heavy (non-hydrogen) atoms. The molecule has 0 radical (unpaired) electrons. The Balaban J connectivity index is 1.23. The molecule has 0 atom stereocenters. The average molecular weight is 577 g/mol. The van der Waals surface area contributed by atoms with Crippen LogP contribution < -0.4 is 0 Å². The van der Waals surface area contributed by atoms with Gasteiger partial charge in [0, 0.05) is 39.9 Å². The zero-order chi connectivity index (χ0) is 29.7. The van der Waals surface area contributed by atoms with E-state index in [1.807, 2.05) is 42.6 Å². The summed E-state index contributed by atoms with van der Waals surface area (Å²) in [5.41, 5.74) is 6.59. The Morgan fingerprint density at radius 2 is 1.09 bits per heavy atom. The lowest BCUT2D eigenvalue weighted by Gasteiger charge is -2.11. The van der Waals surface area contributed by atoms with Crippen LogP contribution in [0.1, 0.15) is 0 Å². The summed E-state index contributed by atoms with van der Waals surface area (Å²) in [5, 5.41) is 6.61. The first-order chi connectivity index (χ1) is 22.3. The van der Waals surface area contributed by atoms with Crippen molar-refractivity contribution in [2.75, 3.05) is 0 Å². The first-order valence-corrected chi connectivity index (χ1v) is 14.9. The van der Waals surface area contributed by atoms with Crippen LogP contribution in [-0.2, 0) is 0 Å². The molecule has 210 valence electrons. The number of rotatable bonds is 4. The average Bonchev–Trinajstić information content (AvgIpc) is 3.50. The highest BCUT2D eigenvalue weighted by atomic mass is 16.3. The van der Waals surface area contributed by atoms with Gasteiger partial charge in [0.15, 0.2) is 17.5 Å². The van der Waals surface area contributed by atoms with E-state index in [0.29, 0.717) is 17.5 Å². The van der Waals surface area contributed by atoms with Gasteiger partial charge in [0.05, 0.1) is 0 Å². The Labute approximate surface area is 258 Å². The molecule has 0 aliphatic carbocycles. The summed E-state index contributed by atoms with van der Waals surface area (Å²) >= 11 is 0. The van der Waals surface area contributed by atoms with Gasteiger partial charge in [0.1, 0.15) is 11.2 Å². The molecule has 0 unspecified atom stereocenters. The van der Waals surface area contributed by atoms with Gasteiger partial charge in [-0.05, 0) is 50.9 Å². The monoisotopic (exact) mass is 576 g/mol. The van der Waals surface area contributed by atoms with E-state index in [1.165, 1.54) is 21.7 Å². The van der Waals surface area contributed by atoms with Gasteiger partial charge in [-0.25, -0.2) is 15.0 Å². The predicted molar refractivity (Wildman–Crippen MR) is 182 cm³/mol. The molecule has 0 bridgehead atoms. The number of fused-ring (bicyclic) bond motifs is 5. The first kappa shape index (κ1) is 25.3. The lowest BCUT2D eigenvalue weighted by atomic mass is 9.97. The molecular weight excluding hydrogens is 552 g/mol. The molecule has 3 aromatic heterocycles. The first-order valence-electron chi connectivity index (χ1n) is 14.9. The number of benzene rings is 6. The summed E-state index contributed by atoms with van der Waals surface area (Å²) < 4.78 is 6.17. The van der Waals surface area contributed by atoms with Crippen molar-refractivity contribution in [1.29, 1.82) is 0 Å². The smallest absolute Gasteiger partial charge is 0.164 e. The predicted octanol–water partition coefficient (Wildman–Crippen LogP) is 10.1. The van der Waals surface area contributed by atoms with Crippen LogP contribution >= 0.6 is 0 Å². The van der Waals surface area contributed by atoms with Crippen LogP contribution in [0.5, 0.6) is 0 Å². The van der Waals surface area contributed by atoms with E-state index in [4.69, 9.17) is 19.4 Å². The molecule has 0 fully saturated rings. The van der Waals surface area contributed by atoms with Gasteiger partial charge >= 0.3 is 0 Å². The largest absolute Gasteiger partial charge is 0.456 e. The highest BCUT2D eigenvalue weighted by molar-refractivity contribution is 6.11. The third kappa shape index (κ3) is 4.33. The fraction of sp³-hybridized carbons (Fsp3) is 0. The van der Waals surface area contributed by atoms with Crippen molar-refractivity contribution in [3.8, 4) is 45.3 Å². The molecule has 9 aromatic rings. The fourth-order valence-electron chi connectivity index (χ4n) is 6.22. The normalized spacial score (nSPS) is 11.6. The topological polar surface area (TPSA) is 64.7 Å². The maximum atomic E-state index is 6.17. The molecule has 0 aliphatic heterocycles. The Kier molecular flexibility index (Phi) is 5.74. The van der Waals surface area contributed by atoms with Crippen LogP contribution in [0.25, 0.3) is 88.8 Å². The van der Waals surface area contributed by atoms with Gasteiger partial charge in [0.25, 0.3) is 0 Å². The summed E-state index contributed by atoms with van der Waals surface area (Å²) in [7, 11) is 0. The molecule has 0 amide bonds. The van der Waals surface area contributed by atoms with Gasteiger partial charge in [-0.3, -0.25) is 4.98 Å². The van der Waals surface area contributed by atoms with Crippen molar-refractivity contribution in [2.45, 2.75) is 0 Å². The van der Waals surface area contributed by atoms with E-state index >= 15 is 0 Å². The summed E-state index contributed by atoms with van der Waals surface area (Å²) in [4.78, 5) is 19.5. The maximum Gasteiger partial charge on any atom is 0.164 e. The number of hydrogen-bond acceptors (Lipinski definition) is 5. The van der Waals surface area contributed by atoms with Gasteiger partial charge in [-0.2, -0.15) is 0 Å². The molecule has 6 aromatic carbocycles. The highest BCUT2D eigenvalue weighted by Gasteiger charge is 2.18. The van der Waals surface area contributed by atoms with Crippen LogP contribution in [0.3, 0.4) is 0 Å². The van der Waals surface area contributed by atoms with E-state index < -0.39 is 0 Å². The molecule has 5 nitrogen and oxygen atoms in total. The second-order valence-corrected chi connectivity index (χ2v) is 11.1. The minimum absolute atomic E-state index is 0.582. The number of pyridine rings is 1. The van der Waals surface area contributed by atoms with E-state index in [-0.39, 0.29) is 0 Å². The molecule has 0 N–H and O–H groups in total. The Morgan fingerprint density at radius 1 is 0.422 bits per heavy atom. The molecule has 0 aliphatic rings. The molecule has 9 rings (SSSR count). The summed E-state index contributed by atoms with van der Waals surface area (Å²) in [6, 6.07) is 45.9. The van der Waals surface area contributed by atoms with Gasteiger partial charge in [-0.1, -0.05) is 115 Å². The Morgan fingerprint density at radius 3 is 1.98 bits per heavy atom. The zero-order valence-corrected chi connectivity index (χ0v) is 24.1.